The fraction of sp³-hybridized carbons (Fsp3) is 0.600. The van der Waals surface area contributed by atoms with E-state index in [4.69, 9.17) is 4.42 Å². The molecule has 0 amide bonds. The Morgan fingerprint density at radius 2 is 2.35 bits per heavy atom. The number of nitrogens with one attached hydrogen (secondary N) is 2. The fourth-order valence-corrected chi connectivity index (χ4v) is 4.15. The van der Waals surface area contributed by atoms with Gasteiger partial charge >= 0.3 is 0 Å². The second kappa shape index (κ2) is 5.43. The zero-order chi connectivity index (χ0) is 12.3. The Hall–Kier alpha value is -0.500. The van der Waals surface area contributed by atoms with Crippen LogP contribution < -0.4 is 10.0 Å². The van der Waals surface area contributed by atoms with Crippen molar-refractivity contribution < 1.29 is 12.8 Å². The van der Waals surface area contributed by atoms with Gasteiger partial charge in [0.15, 0.2) is 0 Å². The smallest absolute Gasteiger partial charge is 0.274 e. The van der Waals surface area contributed by atoms with Gasteiger partial charge in [-0.3, -0.25) is 0 Å². The number of furan rings is 1. The lowest BCUT2D eigenvalue weighted by molar-refractivity contribution is 0.403. The summed E-state index contributed by atoms with van der Waals surface area (Å²) in [6, 6.07) is 3.20. The molecule has 7 heteroatoms. The van der Waals surface area contributed by atoms with Crippen LogP contribution in [0.25, 0.3) is 0 Å². The van der Waals surface area contributed by atoms with Gasteiger partial charge in [0.1, 0.15) is 5.76 Å². The summed E-state index contributed by atoms with van der Waals surface area (Å²) in [7, 11) is -1.72. The van der Waals surface area contributed by atoms with Crippen molar-refractivity contribution in [3.63, 3.8) is 0 Å². The summed E-state index contributed by atoms with van der Waals surface area (Å²) in [5.41, 5.74) is 0. The molecule has 1 atom stereocenters. The largest absolute Gasteiger partial charge is 0.447 e. The van der Waals surface area contributed by atoms with Gasteiger partial charge < -0.3 is 9.73 Å². The molecule has 0 radical (unpaired) electrons. The van der Waals surface area contributed by atoms with Crippen LogP contribution in [0.2, 0.25) is 0 Å². The third-order valence-corrected chi connectivity index (χ3v) is 5.06. The lowest BCUT2D eigenvalue weighted by Crippen LogP contribution is -2.34. The van der Waals surface area contributed by atoms with Gasteiger partial charge in [-0.05, 0) is 31.4 Å². The van der Waals surface area contributed by atoms with Gasteiger partial charge in [0.25, 0.3) is 10.0 Å². The van der Waals surface area contributed by atoms with Gasteiger partial charge in [0, 0.05) is 11.8 Å². The Bertz CT molecular complexity index is 464. The van der Waals surface area contributed by atoms with Crippen molar-refractivity contribution in [2.75, 3.05) is 18.6 Å². The molecule has 1 saturated heterocycles. The lowest BCUT2D eigenvalue weighted by atomic mass is 10.3. The van der Waals surface area contributed by atoms with E-state index in [-0.39, 0.29) is 11.1 Å². The van der Waals surface area contributed by atoms with Gasteiger partial charge in [0.2, 0.25) is 5.09 Å². The molecule has 2 N–H and O–H groups in total. The molecule has 0 saturated carbocycles. The van der Waals surface area contributed by atoms with Crippen LogP contribution in [0, 0.1) is 0 Å². The molecule has 1 aromatic rings. The highest BCUT2D eigenvalue weighted by atomic mass is 32.2. The highest BCUT2D eigenvalue weighted by molar-refractivity contribution is 7.99. The zero-order valence-electron chi connectivity index (χ0n) is 9.60. The van der Waals surface area contributed by atoms with E-state index < -0.39 is 10.0 Å². The third-order valence-electron chi connectivity index (χ3n) is 2.50. The monoisotopic (exact) mass is 276 g/mol. The van der Waals surface area contributed by atoms with Crippen LogP contribution in [0.3, 0.4) is 0 Å². The maximum Gasteiger partial charge on any atom is 0.274 e. The van der Waals surface area contributed by atoms with E-state index in [0.717, 1.165) is 17.9 Å². The standard InChI is InChI=1S/C10H16N2O3S2/c1-11-6-9-2-3-10(15-9)17(13,14)12-8-4-5-16-7-8/h2-3,8,11-12H,4-7H2,1H3. The second-order valence-electron chi connectivity index (χ2n) is 3.93. The Labute approximate surface area is 105 Å². The maximum atomic E-state index is 12.0. The zero-order valence-corrected chi connectivity index (χ0v) is 11.2. The number of thioether (sulfide) groups is 1. The summed E-state index contributed by atoms with van der Waals surface area (Å²) in [5.74, 6) is 2.47. The van der Waals surface area contributed by atoms with Crippen molar-refractivity contribution in [1.82, 2.24) is 10.0 Å². The molecule has 1 aliphatic heterocycles. The van der Waals surface area contributed by atoms with Crippen molar-refractivity contribution in [3.05, 3.63) is 17.9 Å². The van der Waals surface area contributed by atoms with Crippen molar-refractivity contribution in [2.24, 2.45) is 0 Å². The first-order valence-corrected chi connectivity index (χ1v) is 8.09. The minimum Gasteiger partial charge on any atom is -0.447 e. The Morgan fingerprint density at radius 1 is 1.53 bits per heavy atom. The maximum absolute atomic E-state index is 12.0. The van der Waals surface area contributed by atoms with Crippen LogP contribution in [0.1, 0.15) is 12.2 Å². The molecule has 17 heavy (non-hydrogen) atoms. The van der Waals surface area contributed by atoms with Gasteiger partial charge in [0.05, 0.1) is 6.54 Å². The quantitative estimate of drug-likeness (QED) is 0.831. The van der Waals surface area contributed by atoms with Gasteiger partial charge in [-0.1, -0.05) is 0 Å². The molecule has 2 rings (SSSR count). The molecule has 0 aromatic carbocycles. The summed E-state index contributed by atoms with van der Waals surface area (Å²) in [5, 5.41) is 2.91. The molecule has 0 bridgehead atoms. The average Bonchev–Trinajstić information content (AvgIpc) is 2.88. The highest BCUT2D eigenvalue weighted by Gasteiger charge is 2.25. The van der Waals surface area contributed by atoms with E-state index in [1.165, 1.54) is 6.07 Å². The highest BCUT2D eigenvalue weighted by Crippen LogP contribution is 2.20. The molecule has 96 valence electrons. The second-order valence-corrected chi connectivity index (χ2v) is 6.73. The summed E-state index contributed by atoms with van der Waals surface area (Å²) in [6.45, 7) is 0.523. The average molecular weight is 276 g/mol. The van der Waals surface area contributed by atoms with Crippen LogP contribution in [0.15, 0.2) is 21.6 Å². The Morgan fingerprint density at radius 3 is 3.00 bits per heavy atom. The van der Waals surface area contributed by atoms with Crippen LogP contribution in [0.4, 0.5) is 0 Å². The van der Waals surface area contributed by atoms with Crippen molar-refractivity contribution in [3.8, 4) is 0 Å². The molecule has 1 unspecified atom stereocenters. The molecular weight excluding hydrogens is 260 g/mol. The first-order valence-electron chi connectivity index (χ1n) is 5.45. The van der Waals surface area contributed by atoms with Crippen LogP contribution >= 0.6 is 11.8 Å². The summed E-state index contributed by atoms with van der Waals surface area (Å²) >= 11 is 1.76. The van der Waals surface area contributed by atoms with Gasteiger partial charge in [-0.2, -0.15) is 11.8 Å². The first-order chi connectivity index (χ1) is 8.12. The molecule has 1 aliphatic rings. The first kappa shape index (κ1) is 12.9. The van der Waals surface area contributed by atoms with Gasteiger partial charge in [-0.25, -0.2) is 13.1 Å². The Kier molecular flexibility index (Phi) is 4.13. The van der Waals surface area contributed by atoms with E-state index in [0.29, 0.717) is 12.3 Å². The number of rotatable bonds is 5. The summed E-state index contributed by atoms with van der Waals surface area (Å²) in [6.07, 6.45) is 0.883. The van der Waals surface area contributed by atoms with E-state index in [2.05, 4.69) is 10.0 Å². The number of hydrogen-bond acceptors (Lipinski definition) is 5. The molecule has 5 nitrogen and oxygen atoms in total. The fourth-order valence-electron chi connectivity index (χ4n) is 1.68. The van der Waals surface area contributed by atoms with Crippen LogP contribution in [-0.4, -0.2) is 33.0 Å². The molecule has 1 aromatic heterocycles. The number of sulfonamides is 1. The van der Waals surface area contributed by atoms with E-state index in [1.807, 2.05) is 0 Å². The van der Waals surface area contributed by atoms with E-state index in [9.17, 15) is 8.42 Å². The predicted octanol–water partition coefficient (Wildman–Crippen LogP) is 0.783. The van der Waals surface area contributed by atoms with Crippen LogP contribution in [-0.2, 0) is 16.6 Å². The minimum absolute atomic E-state index is 0.000324. The molecule has 1 fully saturated rings. The predicted molar refractivity (Wildman–Crippen MR) is 67.5 cm³/mol. The summed E-state index contributed by atoms with van der Waals surface area (Å²) < 4.78 is 31.9. The molecule has 0 spiro atoms. The number of hydrogen-bond donors (Lipinski definition) is 2. The molecular formula is C10H16N2O3S2. The SMILES string of the molecule is CNCc1ccc(S(=O)(=O)NC2CCSC2)o1. The van der Waals surface area contributed by atoms with Crippen molar-refractivity contribution in [1.29, 1.82) is 0 Å². The third kappa shape index (κ3) is 3.25. The summed E-state index contributed by atoms with van der Waals surface area (Å²) in [4.78, 5) is 0. The van der Waals surface area contributed by atoms with E-state index >= 15 is 0 Å². The topological polar surface area (TPSA) is 71.3 Å². The van der Waals surface area contributed by atoms with Gasteiger partial charge in [-0.15, -0.1) is 0 Å². The lowest BCUT2D eigenvalue weighted by Gasteiger charge is -2.09. The van der Waals surface area contributed by atoms with Crippen LogP contribution in [0.5, 0.6) is 0 Å². The van der Waals surface area contributed by atoms with Crippen molar-refractivity contribution in [2.45, 2.75) is 24.1 Å². The van der Waals surface area contributed by atoms with Crippen molar-refractivity contribution >= 4 is 21.8 Å². The Balaban J connectivity index is 2.07. The minimum atomic E-state index is -3.50. The molecule has 0 aliphatic carbocycles. The molecule has 2 heterocycles. The normalized spacial score (nSPS) is 20.9. The van der Waals surface area contributed by atoms with E-state index in [1.54, 1.807) is 24.9 Å².